The molecule has 104 valence electrons. The fraction of sp³-hybridized carbons (Fsp3) is 0.500. The van der Waals surface area contributed by atoms with Gasteiger partial charge in [0.1, 0.15) is 13.2 Å². The zero-order valence-corrected chi connectivity index (χ0v) is 12.0. The summed E-state index contributed by atoms with van der Waals surface area (Å²) < 4.78 is 11.1. The summed E-state index contributed by atoms with van der Waals surface area (Å²) in [5.74, 6) is 0.297. The summed E-state index contributed by atoms with van der Waals surface area (Å²) in [6.07, 6.45) is 0.00715. The average molecular weight is 285 g/mol. The molecule has 0 aliphatic carbocycles. The normalized spacial score (nSPS) is 14.3. The molecule has 1 N–H and O–H groups in total. The second-order valence-corrected chi connectivity index (χ2v) is 5.74. The lowest BCUT2D eigenvalue weighted by Crippen LogP contribution is -2.25. The second kappa shape index (κ2) is 4.93. The summed E-state index contributed by atoms with van der Waals surface area (Å²) in [6, 6.07) is 1.86. The first kappa shape index (κ1) is 14.0. The van der Waals surface area contributed by atoms with Crippen molar-refractivity contribution in [2.45, 2.75) is 32.6 Å². The largest absolute Gasteiger partial charge is 0.486 e. The molecule has 0 atom stereocenters. The van der Waals surface area contributed by atoms with Crippen molar-refractivity contribution in [2.24, 2.45) is 0 Å². The lowest BCUT2D eigenvalue weighted by Gasteiger charge is -2.29. The van der Waals surface area contributed by atoms with Crippen molar-refractivity contribution < 1.29 is 19.4 Å². The van der Waals surface area contributed by atoms with Crippen LogP contribution in [0.25, 0.3) is 0 Å². The Morgan fingerprint density at radius 2 is 2.05 bits per heavy atom. The van der Waals surface area contributed by atoms with E-state index in [2.05, 4.69) is 0 Å². The van der Waals surface area contributed by atoms with Crippen LogP contribution in [-0.2, 0) is 10.2 Å². The first-order valence-corrected chi connectivity index (χ1v) is 6.51. The molecule has 5 heteroatoms. The number of carbonyl (C=O) groups is 1. The van der Waals surface area contributed by atoms with Gasteiger partial charge in [0.15, 0.2) is 11.5 Å². The van der Waals surface area contributed by atoms with E-state index in [4.69, 9.17) is 26.2 Å². The van der Waals surface area contributed by atoms with Crippen LogP contribution < -0.4 is 9.47 Å². The maximum atomic E-state index is 11.0. The van der Waals surface area contributed by atoms with Crippen molar-refractivity contribution >= 4 is 17.6 Å². The first-order valence-electron chi connectivity index (χ1n) is 6.14. The lowest BCUT2D eigenvalue weighted by molar-refractivity contribution is -0.138. The minimum atomic E-state index is -0.852. The van der Waals surface area contributed by atoms with Crippen molar-refractivity contribution in [3.63, 3.8) is 0 Å². The van der Waals surface area contributed by atoms with E-state index in [1.165, 1.54) is 0 Å². The third kappa shape index (κ3) is 2.63. The van der Waals surface area contributed by atoms with Crippen LogP contribution in [0, 0.1) is 6.92 Å². The van der Waals surface area contributed by atoms with Gasteiger partial charge in [0, 0.05) is 5.41 Å². The molecule has 0 fully saturated rings. The third-order valence-corrected chi connectivity index (χ3v) is 3.60. The van der Waals surface area contributed by atoms with Crippen molar-refractivity contribution in [1.29, 1.82) is 0 Å². The highest BCUT2D eigenvalue weighted by Gasteiger charge is 2.32. The third-order valence-electron chi connectivity index (χ3n) is 3.24. The molecule has 0 spiro atoms. The minimum absolute atomic E-state index is 0.00715. The van der Waals surface area contributed by atoms with E-state index in [-0.39, 0.29) is 6.42 Å². The molecule has 1 aliphatic heterocycles. The SMILES string of the molecule is Cc1cc2c(c(Cl)c1C(C)(C)CC(=O)O)OCCO2. The van der Waals surface area contributed by atoms with Crippen LogP contribution in [0.1, 0.15) is 31.4 Å². The summed E-state index contributed by atoms with van der Waals surface area (Å²) in [5, 5.41) is 9.49. The van der Waals surface area contributed by atoms with Crippen LogP contribution in [0.4, 0.5) is 0 Å². The summed E-state index contributed by atoms with van der Waals surface area (Å²) in [6.45, 7) is 6.59. The fourth-order valence-corrected chi connectivity index (χ4v) is 3.12. The van der Waals surface area contributed by atoms with Crippen LogP contribution in [0.5, 0.6) is 11.5 Å². The Hall–Kier alpha value is -1.42. The van der Waals surface area contributed by atoms with Crippen molar-refractivity contribution in [3.05, 3.63) is 22.2 Å². The Bertz CT molecular complexity index is 523. The molecular weight excluding hydrogens is 268 g/mol. The molecule has 0 amide bonds. The molecule has 0 aromatic heterocycles. The summed E-state index contributed by atoms with van der Waals surface area (Å²) >= 11 is 6.40. The molecule has 0 bridgehead atoms. The van der Waals surface area contributed by atoms with Gasteiger partial charge in [-0.05, 0) is 24.1 Å². The van der Waals surface area contributed by atoms with Crippen LogP contribution in [0.3, 0.4) is 0 Å². The Morgan fingerprint density at radius 1 is 1.42 bits per heavy atom. The minimum Gasteiger partial charge on any atom is -0.486 e. The zero-order valence-electron chi connectivity index (χ0n) is 11.2. The lowest BCUT2D eigenvalue weighted by atomic mass is 9.79. The van der Waals surface area contributed by atoms with Crippen LogP contribution in [0.2, 0.25) is 5.02 Å². The van der Waals surface area contributed by atoms with Crippen LogP contribution in [0.15, 0.2) is 6.07 Å². The van der Waals surface area contributed by atoms with Gasteiger partial charge in [0.05, 0.1) is 11.4 Å². The number of rotatable bonds is 3. The Kier molecular flexibility index (Phi) is 3.63. The van der Waals surface area contributed by atoms with Gasteiger partial charge in [-0.1, -0.05) is 25.4 Å². The fourth-order valence-electron chi connectivity index (χ4n) is 2.56. The van der Waals surface area contributed by atoms with E-state index in [0.29, 0.717) is 29.7 Å². The van der Waals surface area contributed by atoms with E-state index in [0.717, 1.165) is 11.1 Å². The van der Waals surface area contributed by atoms with Gasteiger partial charge in [-0.25, -0.2) is 0 Å². The van der Waals surface area contributed by atoms with E-state index in [1.807, 2.05) is 26.8 Å². The van der Waals surface area contributed by atoms with E-state index in [9.17, 15) is 4.79 Å². The number of hydrogen-bond donors (Lipinski definition) is 1. The standard InChI is InChI=1S/C14H17ClO4/c1-8-6-9-13(19-5-4-18-9)12(15)11(8)14(2,3)7-10(16)17/h6H,4-5,7H2,1-3H3,(H,16,17). The molecule has 0 radical (unpaired) electrons. The van der Waals surface area contributed by atoms with E-state index >= 15 is 0 Å². The predicted octanol–water partition coefficient (Wildman–Crippen LogP) is 3.17. The quantitative estimate of drug-likeness (QED) is 0.926. The van der Waals surface area contributed by atoms with Gasteiger partial charge < -0.3 is 14.6 Å². The van der Waals surface area contributed by atoms with Crippen molar-refractivity contribution in [1.82, 2.24) is 0 Å². The molecule has 0 saturated heterocycles. The van der Waals surface area contributed by atoms with Gasteiger partial charge >= 0.3 is 5.97 Å². The number of hydrogen-bond acceptors (Lipinski definition) is 3. The number of benzene rings is 1. The molecule has 0 saturated carbocycles. The maximum absolute atomic E-state index is 11.0. The van der Waals surface area contributed by atoms with Crippen LogP contribution in [-0.4, -0.2) is 24.3 Å². The molecular formula is C14H17ClO4. The highest BCUT2D eigenvalue weighted by Crippen LogP contribution is 2.46. The van der Waals surface area contributed by atoms with E-state index in [1.54, 1.807) is 0 Å². The van der Waals surface area contributed by atoms with Gasteiger partial charge in [0.25, 0.3) is 0 Å². The summed E-state index contributed by atoms with van der Waals surface area (Å²) in [5.41, 5.74) is 1.16. The summed E-state index contributed by atoms with van der Waals surface area (Å²) in [7, 11) is 0. The number of halogens is 1. The number of aryl methyl sites for hydroxylation is 1. The number of ether oxygens (including phenoxy) is 2. The maximum Gasteiger partial charge on any atom is 0.304 e. The van der Waals surface area contributed by atoms with Crippen molar-refractivity contribution in [3.8, 4) is 11.5 Å². The predicted molar refractivity (Wildman–Crippen MR) is 72.5 cm³/mol. The molecule has 1 aliphatic rings. The number of carboxylic acids is 1. The molecule has 0 unspecified atom stereocenters. The topological polar surface area (TPSA) is 55.8 Å². The number of carboxylic acid groups (broad SMARTS) is 1. The van der Waals surface area contributed by atoms with Gasteiger partial charge in [-0.3, -0.25) is 4.79 Å². The summed E-state index contributed by atoms with van der Waals surface area (Å²) in [4.78, 5) is 11.0. The molecule has 4 nitrogen and oxygen atoms in total. The van der Waals surface area contributed by atoms with Crippen molar-refractivity contribution in [2.75, 3.05) is 13.2 Å². The van der Waals surface area contributed by atoms with E-state index < -0.39 is 11.4 Å². The number of aliphatic carboxylic acids is 1. The Labute approximate surface area is 117 Å². The Balaban J connectivity index is 2.54. The molecule has 1 heterocycles. The highest BCUT2D eigenvalue weighted by molar-refractivity contribution is 6.33. The van der Waals surface area contributed by atoms with Gasteiger partial charge in [-0.2, -0.15) is 0 Å². The average Bonchev–Trinajstić information content (AvgIpc) is 2.26. The van der Waals surface area contributed by atoms with Crippen LogP contribution >= 0.6 is 11.6 Å². The zero-order chi connectivity index (χ0) is 14.2. The number of fused-ring (bicyclic) bond motifs is 1. The van der Waals surface area contributed by atoms with Gasteiger partial charge in [-0.15, -0.1) is 0 Å². The van der Waals surface area contributed by atoms with Gasteiger partial charge in [0.2, 0.25) is 0 Å². The molecule has 1 aromatic rings. The first-order chi connectivity index (χ1) is 8.83. The smallest absolute Gasteiger partial charge is 0.304 e. The molecule has 1 aromatic carbocycles. The highest BCUT2D eigenvalue weighted by atomic mass is 35.5. The monoisotopic (exact) mass is 284 g/mol. The molecule has 2 rings (SSSR count). The second-order valence-electron chi connectivity index (χ2n) is 5.36. The molecule has 19 heavy (non-hydrogen) atoms. The Morgan fingerprint density at radius 3 is 2.68 bits per heavy atom.